The Morgan fingerprint density at radius 3 is 0.796 bits per heavy atom. The molecule has 0 spiro atoms. The van der Waals surface area contributed by atoms with Crippen molar-refractivity contribution in [2.24, 2.45) is 0 Å². The maximum absolute atomic E-state index is 12.1. The lowest BCUT2D eigenvalue weighted by Crippen LogP contribution is -2.24. The third kappa shape index (κ3) is 46.6. The van der Waals surface area contributed by atoms with Crippen molar-refractivity contribution in [2.75, 3.05) is 13.1 Å². The van der Waals surface area contributed by atoms with E-state index in [2.05, 4.69) is 48.8 Å². The summed E-state index contributed by atoms with van der Waals surface area (Å²) in [6, 6.07) is 0. The van der Waals surface area contributed by atoms with Crippen LogP contribution in [0.1, 0.15) is 271 Å². The van der Waals surface area contributed by atoms with Crippen LogP contribution in [0.5, 0.6) is 0 Å². The Labute approximate surface area is 339 Å². The summed E-state index contributed by atoms with van der Waals surface area (Å²) in [5.41, 5.74) is 0. The Kier molecular flexibility index (Phi) is 46.2. The van der Waals surface area contributed by atoms with Gasteiger partial charge in [0, 0.05) is 25.9 Å². The molecule has 4 heteroatoms. The summed E-state index contributed by atoms with van der Waals surface area (Å²) in [5, 5.41) is 6.20. The molecule has 0 saturated carbocycles. The number of carbonyl (C=O) groups excluding carboxylic acids is 2. The van der Waals surface area contributed by atoms with Gasteiger partial charge < -0.3 is 10.6 Å². The molecule has 318 valence electrons. The van der Waals surface area contributed by atoms with Crippen LogP contribution in [0.15, 0.2) is 24.3 Å². The molecule has 0 bridgehead atoms. The average molecular weight is 757 g/mol. The van der Waals surface area contributed by atoms with Crippen molar-refractivity contribution in [3.8, 4) is 0 Å². The SMILES string of the molecule is CCCCCCCC/C=C\CCCCCCCCCCCC(=O)NCCCCCCNC(=O)CCCCCCCCCCC/C=C\CCCCCCCC. The molecule has 0 aliphatic heterocycles. The molecular formula is C50H96N2O2. The number of rotatable bonds is 45. The summed E-state index contributed by atoms with van der Waals surface area (Å²) < 4.78 is 0. The highest BCUT2D eigenvalue weighted by Crippen LogP contribution is 2.14. The second kappa shape index (κ2) is 47.6. The first kappa shape index (κ1) is 52.4. The molecule has 4 nitrogen and oxygen atoms in total. The molecule has 2 N–H and O–H groups in total. The van der Waals surface area contributed by atoms with Crippen LogP contribution in [0.4, 0.5) is 0 Å². The molecule has 0 fully saturated rings. The molecule has 0 aromatic carbocycles. The van der Waals surface area contributed by atoms with Gasteiger partial charge in [-0.25, -0.2) is 0 Å². The first-order valence-electron chi connectivity index (χ1n) is 24.5. The van der Waals surface area contributed by atoms with E-state index < -0.39 is 0 Å². The lowest BCUT2D eigenvalue weighted by Gasteiger charge is -2.07. The molecule has 0 aliphatic carbocycles. The predicted molar refractivity (Wildman–Crippen MR) is 240 cm³/mol. The Morgan fingerprint density at radius 1 is 0.296 bits per heavy atom. The number of amides is 2. The van der Waals surface area contributed by atoms with Gasteiger partial charge in [0.2, 0.25) is 11.8 Å². The molecule has 0 radical (unpaired) electrons. The van der Waals surface area contributed by atoms with Crippen LogP contribution in [-0.4, -0.2) is 24.9 Å². The largest absolute Gasteiger partial charge is 0.356 e. The smallest absolute Gasteiger partial charge is 0.219 e. The highest BCUT2D eigenvalue weighted by molar-refractivity contribution is 5.76. The van der Waals surface area contributed by atoms with E-state index in [1.807, 2.05) is 0 Å². The summed E-state index contributed by atoms with van der Waals surface area (Å²) in [6.07, 6.45) is 60.3. The zero-order chi connectivity index (χ0) is 39.1. The first-order valence-corrected chi connectivity index (χ1v) is 24.5. The van der Waals surface area contributed by atoms with E-state index in [4.69, 9.17) is 0 Å². The summed E-state index contributed by atoms with van der Waals surface area (Å²) in [7, 11) is 0. The molecule has 0 rings (SSSR count). The minimum absolute atomic E-state index is 0.218. The van der Waals surface area contributed by atoms with E-state index in [-0.39, 0.29) is 11.8 Å². The van der Waals surface area contributed by atoms with Crippen molar-refractivity contribution in [3.05, 3.63) is 24.3 Å². The van der Waals surface area contributed by atoms with E-state index in [0.29, 0.717) is 12.8 Å². The second-order valence-electron chi connectivity index (χ2n) is 16.6. The molecule has 0 heterocycles. The third-order valence-electron chi connectivity index (χ3n) is 11.1. The van der Waals surface area contributed by atoms with Crippen LogP contribution in [0, 0.1) is 0 Å². The van der Waals surface area contributed by atoms with Gasteiger partial charge in [-0.05, 0) is 77.0 Å². The Hall–Kier alpha value is -1.58. The quantitative estimate of drug-likeness (QED) is 0.0480. The van der Waals surface area contributed by atoms with Crippen molar-refractivity contribution in [1.82, 2.24) is 10.6 Å². The zero-order valence-corrected chi connectivity index (χ0v) is 36.8. The number of allylic oxidation sites excluding steroid dienone is 4. The van der Waals surface area contributed by atoms with Crippen LogP contribution in [0.2, 0.25) is 0 Å². The molecule has 54 heavy (non-hydrogen) atoms. The van der Waals surface area contributed by atoms with Crippen LogP contribution < -0.4 is 10.6 Å². The van der Waals surface area contributed by atoms with Gasteiger partial charge in [-0.3, -0.25) is 9.59 Å². The van der Waals surface area contributed by atoms with Crippen LogP contribution in [-0.2, 0) is 9.59 Å². The van der Waals surface area contributed by atoms with Gasteiger partial charge in [0.05, 0.1) is 0 Å². The number of hydrogen-bond donors (Lipinski definition) is 2. The Morgan fingerprint density at radius 2 is 0.519 bits per heavy atom. The summed E-state index contributed by atoms with van der Waals surface area (Å²) in [5.74, 6) is 0.437. The Balaban J connectivity index is 3.27. The van der Waals surface area contributed by atoms with Crippen molar-refractivity contribution >= 4 is 11.8 Å². The average Bonchev–Trinajstić information content (AvgIpc) is 3.17. The highest BCUT2D eigenvalue weighted by atomic mass is 16.2. The number of nitrogens with one attached hydrogen (secondary N) is 2. The van der Waals surface area contributed by atoms with E-state index in [0.717, 1.165) is 51.6 Å². The summed E-state index contributed by atoms with van der Waals surface area (Å²) >= 11 is 0. The first-order chi connectivity index (χ1) is 26.7. The fourth-order valence-electron chi connectivity index (χ4n) is 7.36. The predicted octanol–water partition coefficient (Wildman–Crippen LogP) is 16.0. The maximum atomic E-state index is 12.1. The second-order valence-corrected chi connectivity index (χ2v) is 16.6. The monoisotopic (exact) mass is 757 g/mol. The molecule has 0 saturated heterocycles. The van der Waals surface area contributed by atoms with Gasteiger partial charge in [-0.1, -0.05) is 205 Å². The molecule has 0 unspecified atom stereocenters. The fraction of sp³-hybridized carbons (Fsp3) is 0.880. The van der Waals surface area contributed by atoms with Crippen molar-refractivity contribution in [1.29, 1.82) is 0 Å². The molecule has 0 aromatic rings. The zero-order valence-electron chi connectivity index (χ0n) is 36.8. The van der Waals surface area contributed by atoms with E-state index in [1.54, 1.807) is 0 Å². The maximum Gasteiger partial charge on any atom is 0.219 e. The minimum atomic E-state index is 0.218. The normalized spacial score (nSPS) is 11.7. The molecule has 2 amide bonds. The van der Waals surface area contributed by atoms with Crippen molar-refractivity contribution < 1.29 is 9.59 Å². The van der Waals surface area contributed by atoms with Crippen LogP contribution >= 0.6 is 0 Å². The van der Waals surface area contributed by atoms with Gasteiger partial charge in [-0.2, -0.15) is 0 Å². The molecule has 0 aliphatic rings. The summed E-state index contributed by atoms with van der Waals surface area (Å²) in [6.45, 7) is 6.14. The summed E-state index contributed by atoms with van der Waals surface area (Å²) in [4.78, 5) is 24.3. The number of unbranched alkanes of at least 4 members (excludes halogenated alkanes) is 33. The standard InChI is InChI=1S/C50H96N2O2/c1-3-5-7-9-11-13-15-17-19-21-23-25-27-29-31-33-35-37-41-45-49(53)51-47-43-39-40-44-48-52-50(54)46-42-38-36-34-32-30-28-26-24-22-20-18-16-14-12-10-8-6-4-2/h17-20H,3-16,21-48H2,1-2H3,(H,51,53)(H,52,54)/b19-17-,20-18-. The molecule has 0 atom stereocenters. The van der Waals surface area contributed by atoms with E-state index in [1.165, 1.54) is 205 Å². The Bertz CT molecular complexity index is 740. The van der Waals surface area contributed by atoms with Crippen molar-refractivity contribution in [2.45, 2.75) is 271 Å². The number of hydrogen-bond acceptors (Lipinski definition) is 2. The third-order valence-corrected chi connectivity index (χ3v) is 11.1. The van der Waals surface area contributed by atoms with Crippen LogP contribution in [0.25, 0.3) is 0 Å². The highest BCUT2D eigenvalue weighted by Gasteiger charge is 2.03. The minimum Gasteiger partial charge on any atom is -0.356 e. The van der Waals surface area contributed by atoms with E-state index >= 15 is 0 Å². The lowest BCUT2D eigenvalue weighted by atomic mass is 10.1. The number of carbonyl (C=O) groups is 2. The van der Waals surface area contributed by atoms with Gasteiger partial charge in [-0.15, -0.1) is 0 Å². The topological polar surface area (TPSA) is 58.2 Å². The van der Waals surface area contributed by atoms with Gasteiger partial charge in [0.1, 0.15) is 0 Å². The molecular weight excluding hydrogens is 661 g/mol. The molecule has 0 aromatic heterocycles. The van der Waals surface area contributed by atoms with Crippen molar-refractivity contribution in [3.63, 3.8) is 0 Å². The van der Waals surface area contributed by atoms with Gasteiger partial charge in [0.15, 0.2) is 0 Å². The lowest BCUT2D eigenvalue weighted by molar-refractivity contribution is -0.122. The van der Waals surface area contributed by atoms with Gasteiger partial charge in [0.25, 0.3) is 0 Å². The van der Waals surface area contributed by atoms with Crippen LogP contribution in [0.3, 0.4) is 0 Å². The fourth-order valence-corrected chi connectivity index (χ4v) is 7.36. The van der Waals surface area contributed by atoms with E-state index in [9.17, 15) is 9.59 Å². The van der Waals surface area contributed by atoms with Gasteiger partial charge >= 0.3 is 0 Å².